The first-order chi connectivity index (χ1) is 8.65. The lowest BCUT2D eigenvalue weighted by atomic mass is 10.2. The van der Waals surface area contributed by atoms with E-state index in [9.17, 15) is 4.79 Å². The maximum absolute atomic E-state index is 11.5. The van der Waals surface area contributed by atoms with Gasteiger partial charge in [-0.15, -0.1) is 0 Å². The first-order valence-corrected chi connectivity index (χ1v) is 5.46. The zero-order valence-electron chi connectivity index (χ0n) is 10.8. The minimum absolute atomic E-state index is 0.178. The second-order valence-corrected chi connectivity index (χ2v) is 3.49. The number of hydrogen-bond acceptors (Lipinski definition) is 5. The molecule has 0 spiro atoms. The Morgan fingerprint density at radius 1 is 1.11 bits per heavy atom. The summed E-state index contributed by atoms with van der Waals surface area (Å²) in [7, 11) is 4.57. The zero-order valence-corrected chi connectivity index (χ0v) is 10.8. The summed E-state index contributed by atoms with van der Waals surface area (Å²) in [6.45, 7) is 0.293. The van der Waals surface area contributed by atoms with Crippen molar-refractivity contribution in [3.05, 3.63) is 12.1 Å². The number of ether oxygens (including phenoxy) is 3. The summed E-state index contributed by atoms with van der Waals surface area (Å²) >= 11 is 0. The molecule has 0 atom stereocenters. The molecule has 1 aromatic carbocycles. The minimum Gasteiger partial charge on any atom is -0.494 e. The standard InChI is InChI=1S/C12H18N2O4/c1-16-9-7-11(18-3)10(17-2)6-8(9)14-12(15)4-5-13/h6-7H,4-5,13H2,1-3H3,(H,14,15). The number of anilines is 1. The van der Waals surface area contributed by atoms with Gasteiger partial charge in [0.2, 0.25) is 5.91 Å². The monoisotopic (exact) mass is 254 g/mol. The Morgan fingerprint density at radius 2 is 1.67 bits per heavy atom. The van der Waals surface area contributed by atoms with Crippen molar-refractivity contribution in [2.24, 2.45) is 5.73 Å². The lowest BCUT2D eigenvalue weighted by Gasteiger charge is -2.14. The molecule has 18 heavy (non-hydrogen) atoms. The van der Waals surface area contributed by atoms with Crippen LogP contribution in [0.3, 0.4) is 0 Å². The van der Waals surface area contributed by atoms with Gasteiger partial charge in [-0.05, 0) is 0 Å². The smallest absolute Gasteiger partial charge is 0.225 e. The second kappa shape index (κ2) is 6.70. The quantitative estimate of drug-likeness (QED) is 0.791. The van der Waals surface area contributed by atoms with Crippen LogP contribution in [0.1, 0.15) is 6.42 Å². The van der Waals surface area contributed by atoms with E-state index < -0.39 is 0 Å². The highest BCUT2D eigenvalue weighted by Gasteiger charge is 2.13. The largest absolute Gasteiger partial charge is 0.494 e. The Morgan fingerprint density at radius 3 is 2.17 bits per heavy atom. The average Bonchev–Trinajstić information content (AvgIpc) is 2.38. The van der Waals surface area contributed by atoms with E-state index >= 15 is 0 Å². The van der Waals surface area contributed by atoms with Crippen LogP contribution in [0.25, 0.3) is 0 Å². The van der Waals surface area contributed by atoms with Gasteiger partial charge in [-0.1, -0.05) is 0 Å². The number of hydrogen-bond donors (Lipinski definition) is 2. The van der Waals surface area contributed by atoms with Crippen LogP contribution < -0.4 is 25.3 Å². The molecule has 0 unspecified atom stereocenters. The van der Waals surface area contributed by atoms with Crippen LogP contribution in [-0.2, 0) is 4.79 Å². The van der Waals surface area contributed by atoms with Crippen LogP contribution in [0.15, 0.2) is 12.1 Å². The van der Waals surface area contributed by atoms with Crippen molar-refractivity contribution in [3.63, 3.8) is 0 Å². The lowest BCUT2D eigenvalue weighted by molar-refractivity contribution is -0.116. The molecule has 0 aliphatic rings. The number of amides is 1. The molecule has 0 heterocycles. The molecule has 0 aromatic heterocycles. The number of rotatable bonds is 6. The number of methoxy groups -OCH3 is 3. The Bertz CT molecular complexity index is 421. The van der Waals surface area contributed by atoms with E-state index in [0.717, 1.165) is 0 Å². The molecule has 0 aliphatic carbocycles. The minimum atomic E-state index is -0.178. The van der Waals surface area contributed by atoms with Crippen molar-refractivity contribution < 1.29 is 19.0 Å². The number of nitrogens with two attached hydrogens (primary N) is 1. The molecule has 100 valence electrons. The fourth-order valence-electron chi connectivity index (χ4n) is 1.47. The summed E-state index contributed by atoms with van der Waals surface area (Å²) in [4.78, 5) is 11.5. The van der Waals surface area contributed by atoms with Gasteiger partial charge in [0, 0.05) is 25.1 Å². The summed E-state index contributed by atoms with van der Waals surface area (Å²) in [5.41, 5.74) is 5.84. The van der Waals surface area contributed by atoms with Gasteiger partial charge in [-0.3, -0.25) is 4.79 Å². The van der Waals surface area contributed by atoms with Gasteiger partial charge in [0.15, 0.2) is 11.5 Å². The van der Waals surface area contributed by atoms with Crippen molar-refractivity contribution in [1.82, 2.24) is 0 Å². The number of carbonyl (C=O) groups excluding carboxylic acids is 1. The third-order valence-electron chi connectivity index (χ3n) is 2.35. The lowest BCUT2D eigenvalue weighted by Crippen LogP contribution is -2.16. The Kier molecular flexibility index (Phi) is 5.26. The van der Waals surface area contributed by atoms with Crippen molar-refractivity contribution in [2.75, 3.05) is 33.2 Å². The Hall–Kier alpha value is -1.95. The van der Waals surface area contributed by atoms with Gasteiger partial charge in [0.1, 0.15) is 5.75 Å². The van der Waals surface area contributed by atoms with Crippen molar-refractivity contribution in [3.8, 4) is 17.2 Å². The van der Waals surface area contributed by atoms with Gasteiger partial charge in [-0.25, -0.2) is 0 Å². The molecule has 0 fully saturated rings. The predicted molar refractivity (Wildman–Crippen MR) is 68.4 cm³/mol. The fraction of sp³-hybridized carbons (Fsp3) is 0.417. The molecule has 0 saturated carbocycles. The maximum atomic E-state index is 11.5. The maximum Gasteiger partial charge on any atom is 0.225 e. The van der Waals surface area contributed by atoms with E-state index in [1.54, 1.807) is 12.1 Å². The van der Waals surface area contributed by atoms with Crippen LogP contribution in [0.5, 0.6) is 17.2 Å². The van der Waals surface area contributed by atoms with Crippen LogP contribution >= 0.6 is 0 Å². The molecule has 0 bridgehead atoms. The fourth-order valence-corrected chi connectivity index (χ4v) is 1.47. The normalized spacial score (nSPS) is 9.78. The van der Waals surface area contributed by atoms with Crippen molar-refractivity contribution >= 4 is 11.6 Å². The van der Waals surface area contributed by atoms with Crippen LogP contribution in [0.4, 0.5) is 5.69 Å². The van der Waals surface area contributed by atoms with E-state index in [2.05, 4.69) is 5.32 Å². The van der Waals surface area contributed by atoms with Crippen LogP contribution in [0, 0.1) is 0 Å². The molecular formula is C12H18N2O4. The van der Waals surface area contributed by atoms with Crippen molar-refractivity contribution in [2.45, 2.75) is 6.42 Å². The molecule has 0 radical (unpaired) electrons. The second-order valence-electron chi connectivity index (χ2n) is 3.49. The third-order valence-corrected chi connectivity index (χ3v) is 2.35. The van der Waals surface area contributed by atoms with E-state index in [1.807, 2.05) is 0 Å². The molecule has 6 nitrogen and oxygen atoms in total. The molecule has 1 rings (SSSR count). The molecule has 3 N–H and O–H groups in total. The number of nitrogens with one attached hydrogen (secondary N) is 1. The molecular weight excluding hydrogens is 236 g/mol. The van der Waals surface area contributed by atoms with E-state index in [1.165, 1.54) is 21.3 Å². The van der Waals surface area contributed by atoms with Gasteiger partial charge < -0.3 is 25.3 Å². The predicted octanol–water partition coefficient (Wildman–Crippen LogP) is 1.000. The van der Waals surface area contributed by atoms with E-state index in [-0.39, 0.29) is 12.3 Å². The first kappa shape index (κ1) is 14.1. The summed E-state index contributed by atoms with van der Waals surface area (Å²) in [6.07, 6.45) is 0.248. The average molecular weight is 254 g/mol. The molecule has 0 aliphatic heterocycles. The summed E-state index contributed by atoms with van der Waals surface area (Å²) in [5.74, 6) is 1.37. The highest BCUT2D eigenvalue weighted by Crippen LogP contribution is 2.37. The summed E-state index contributed by atoms with van der Waals surface area (Å²) in [5, 5.41) is 2.71. The number of benzene rings is 1. The topological polar surface area (TPSA) is 82.8 Å². The Labute approximate surface area is 106 Å². The van der Waals surface area contributed by atoms with Gasteiger partial charge in [-0.2, -0.15) is 0 Å². The molecule has 1 aromatic rings. The summed E-state index contributed by atoms with van der Waals surface area (Å²) < 4.78 is 15.5. The van der Waals surface area contributed by atoms with E-state index in [0.29, 0.717) is 29.5 Å². The Balaban J connectivity index is 3.05. The molecule has 0 saturated heterocycles. The van der Waals surface area contributed by atoms with Crippen LogP contribution in [-0.4, -0.2) is 33.8 Å². The van der Waals surface area contributed by atoms with Gasteiger partial charge in [0.05, 0.1) is 27.0 Å². The van der Waals surface area contributed by atoms with Gasteiger partial charge >= 0.3 is 0 Å². The van der Waals surface area contributed by atoms with Crippen molar-refractivity contribution in [1.29, 1.82) is 0 Å². The van der Waals surface area contributed by atoms with Crippen LogP contribution in [0.2, 0.25) is 0 Å². The first-order valence-electron chi connectivity index (χ1n) is 5.46. The highest BCUT2D eigenvalue weighted by molar-refractivity contribution is 5.93. The third kappa shape index (κ3) is 3.27. The SMILES string of the molecule is COc1cc(OC)c(OC)cc1NC(=O)CCN. The van der Waals surface area contributed by atoms with Gasteiger partial charge in [0.25, 0.3) is 0 Å². The summed E-state index contributed by atoms with van der Waals surface area (Å²) in [6, 6.07) is 3.29. The number of carbonyl (C=O) groups is 1. The zero-order chi connectivity index (χ0) is 13.5. The molecule has 1 amide bonds. The van der Waals surface area contributed by atoms with E-state index in [4.69, 9.17) is 19.9 Å². The molecule has 6 heteroatoms. The highest BCUT2D eigenvalue weighted by atomic mass is 16.5.